The van der Waals surface area contributed by atoms with Crippen molar-refractivity contribution in [3.05, 3.63) is 0 Å². The van der Waals surface area contributed by atoms with Crippen molar-refractivity contribution >= 4 is 41.3 Å². The first-order valence-electron chi connectivity index (χ1n) is 18.2. The number of carbonyl (C=O) groups is 7. The summed E-state index contributed by atoms with van der Waals surface area (Å²) in [6, 6.07) is -4.75. The van der Waals surface area contributed by atoms with E-state index in [4.69, 9.17) is 4.74 Å². The molecule has 0 aromatic rings. The van der Waals surface area contributed by atoms with Gasteiger partial charge in [-0.2, -0.15) is 0 Å². The van der Waals surface area contributed by atoms with Crippen molar-refractivity contribution in [2.75, 3.05) is 6.54 Å². The van der Waals surface area contributed by atoms with E-state index in [0.717, 1.165) is 51.4 Å². The van der Waals surface area contributed by atoms with Gasteiger partial charge in [-0.3, -0.25) is 28.8 Å². The van der Waals surface area contributed by atoms with E-state index in [1.165, 1.54) is 13.8 Å². The third kappa shape index (κ3) is 10.5. The molecule has 13 heteroatoms. The Labute approximate surface area is 291 Å². The second kappa shape index (κ2) is 17.4. The van der Waals surface area contributed by atoms with E-state index in [2.05, 4.69) is 21.3 Å². The molecule has 276 valence electrons. The molecule has 0 spiro atoms. The second-order valence-electron chi connectivity index (χ2n) is 15.6. The van der Waals surface area contributed by atoms with Crippen molar-refractivity contribution in [3.63, 3.8) is 0 Å². The number of hydrogen-bond donors (Lipinski definition) is 4. The Balaban J connectivity index is 1.86. The standard InChI is InChI=1S/C36H59N5O8/c1-9-14-26(29(43)22(5)42)38-33(46)28-25-18-13-17-24(25)19-41(28)34(47)30(36(6,7)8)40-32(45)27(23-15-11-10-12-16-23)39-31(44)21(4)37-35(48)49-20(2)3/h20-21,23-28,30H,9-19H2,1-8H3,(H,37,48)(H,38,46)(H,39,44)(H,40,45)/t21-,24+,25+,26+,27+,28+,30-/m1/s1. The first-order valence-corrected chi connectivity index (χ1v) is 18.2. The van der Waals surface area contributed by atoms with Crippen molar-refractivity contribution in [1.29, 1.82) is 0 Å². The van der Waals surface area contributed by atoms with Crippen LogP contribution in [0.15, 0.2) is 0 Å². The van der Waals surface area contributed by atoms with E-state index in [9.17, 15) is 33.6 Å². The monoisotopic (exact) mass is 689 g/mol. The lowest BCUT2D eigenvalue weighted by Crippen LogP contribution is -2.63. The van der Waals surface area contributed by atoms with Gasteiger partial charge < -0.3 is 30.9 Å². The number of carbonyl (C=O) groups excluding carboxylic acids is 7. The molecular weight excluding hydrogens is 630 g/mol. The quantitative estimate of drug-likeness (QED) is 0.201. The molecule has 3 fully saturated rings. The number of ether oxygens (including phenoxy) is 1. The highest BCUT2D eigenvalue weighted by molar-refractivity contribution is 6.38. The Bertz CT molecular complexity index is 1240. The van der Waals surface area contributed by atoms with E-state index in [1.807, 2.05) is 27.7 Å². The molecule has 1 aliphatic heterocycles. The van der Waals surface area contributed by atoms with Gasteiger partial charge in [0, 0.05) is 13.5 Å². The molecule has 3 aliphatic rings. The van der Waals surface area contributed by atoms with Gasteiger partial charge in [-0.15, -0.1) is 0 Å². The topological polar surface area (TPSA) is 180 Å². The maximum absolute atomic E-state index is 14.5. The number of amides is 5. The Morgan fingerprint density at radius 2 is 1.47 bits per heavy atom. The Morgan fingerprint density at radius 3 is 2.04 bits per heavy atom. The molecule has 7 atom stereocenters. The first kappa shape index (κ1) is 39.9. The van der Waals surface area contributed by atoms with Crippen LogP contribution >= 0.6 is 0 Å². The number of fused-ring (bicyclic) bond motifs is 1. The zero-order valence-electron chi connectivity index (χ0n) is 30.7. The SMILES string of the molecule is CCC[C@H](NC(=O)[C@@H]1[C@H]2CCC[C@H]2CN1C(=O)[C@@H](NC(=O)[C@@H](NC(=O)[C@@H](C)NC(=O)OC(C)C)C1CCCCC1)C(C)(C)C)C(=O)C(C)=O. The van der Waals surface area contributed by atoms with Gasteiger partial charge in [-0.25, -0.2) is 4.79 Å². The molecule has 0 bridgehead atoms. The van der Waals surface area contributed by atoms with Gasteiger partial charge in [0.25, 0.3) is 0 Å². The van der Waals surface area contributed by atoms with Gasteiger partial charge in [-0.1, -0.05) is 59.8 Å². The Hall–Kier alpha value is -3.51. The van der Waals surface area contributed by atoms with Crippen LogP contribution in [0, 0.1) is 23.2 Å². The molecule has 13 nitrogen and oxygen atoms in total. The van der Waals surface area contributed by atoms with Crippen LogP contribution in [0.4, 0.5) is 4.79 Å². The molecular formula is C36H59N5O8. The Kier molecular flexibility index (Phi) is 14.2. The van der Waals surface area contributed by atoms with Gasteiger partial charge in [0.15, 0.2) is 5.78 Å². The van der Waals surface area contributed by atoms with Gasteiger partial charge >= 0.3 is 6.09 Å². The predicted octanol–water partition coefficient (Wildman–Crippen LogP) is 3.18. The number of ketones is 2. The molecule has 0 unspecified atom stereocenters. The van der Waals surface area contributed by atoms with Crippen LogP contribution in [-0.2, 0) is 33.5 Å². The van der Waals surface area contributed by atoms with Crippen LogP contribution in [0.25, 0.3) is 0 Å². The molecule has 2 saturated carbocycles. The first-order chi connectivity index (χ1) is 23.0. The Morgan fingerprint density at radius 1 is 0.816 bits per heavy atom. The van der Waals surface area contributed by atoms with Crippen molar-refractivity contribution < 1.29 is 38.3 Å². The summed E-state index contributed by atoms with van der Waals surface area (Å²) < 4.78 is 5.10. The highest BCUT2D eigenvalue weighted by Gasteiger charge is 2.52. The fraction of sp³-hybridized carbons (Fsp3) is 0.806. The minimum Gasteiger partial charge on any atom is -0.447 e. The van der Waals surface area contributed by atoms with Gasteiger partial charge in [0.1, 0.15) is 24.2 Å². The molecule has 5 amide bonds. The lowest BCUT2D eigenvalue weighted by Gasteiger charge is -2.38. The smallest absolute Gasteiger partial charge is 0.408 e. The number of nitrogens with zero attached hydrogens (tertiary/aromatic N) is 1. The highest BCUT2D eigenvalue weighted by atomic mass is 16.6. The van der Waals surface area contributed by atoms with Gasteiger partial charge in [-0.05, 0) is 76.0 Å². The molecule has 3 rings (SSSR count). The third-order valence-electron chi connectivity index (χ3n) is 10.2. The van der Waals surface area contributed by atoms with Crippen LogP contribution in [0.3, 0.4) is 0 Å². The molecule has 1 heterocycles. The number of alkyl carbamates (subject to hydrolysis) is 1. The summed E-state index contributed by atoms with van der Waals surface area (Å²) in [5, 5.41) is 11.1. The minimum absolute atomic E-state index is 0.0966. The van der Waals surface area contributed by atoms with Crippen LogP contribution in [0.5, 0.6) is 0 Å². The summed E-state index contributed by atoms with van der Waals surface area (Å²) in [4.78, 5) is 94.1. The summed E-state index contributed by atoms with van der Waals surface area (Å²) in [6.07, 6.45) is 6.59. The van der Waals surface area contributed by atoms with Gasteiger partial charge in [0.2, 0.25) is 29.4 Å². The van der Waals surface area contributed by atoms with Gasteiger partial charge in [0.05, 0.1) is 12.1 Å². The van der Waals surface area contributed by atoms with Crippen molar-refractivity contribution in [1.82, 2.24) is 26.2 Å². The average molecular weight is 690 g/mol. The fourth-order valence-corrected chi connectivity index (χ4v) is 7.61. The molecule has 4 N–H and O–H groups in total. The molecule has 49 heavy (non-hydrogen) atoms. The predicted molar refractivity (Wildman–Crippen MR) is 183 cm³/mol. The van der Waals surface area contributed by atoms with E-state index in [1.54, 1.807) is 18.7 Å². The van der Waals surface area contributed by atoms with E-state index < -0.39 is 76.9 Å². The summed E-state index contributed by atoms with van der Waals surface area (Å²) >= 11 is 0. The molecule has 0 aromatic heterocycles. The van der Waals surface area contributed by atoms with E-state index in [-0.39, 0.29) is 23.9 Å². The van der Waals surface area contributed by atoms with Crippen molar-refractivity contribution in [2.45, 2.75) is 156 Å². The maximum Gasteiger partial charge on any atom is 0.408 e. The largest absolute Gasteiger partial charge is 0.447 e. The highest BCUT2D eigenvalue weighted by Crippen LogP contribution is 2.43. The number of Topliss-reactive ketones (excluding diaryl/α,β-unsaturated/α-hetero) is 2. The minimum atomic E-state index is -1.03. The summed E-state index contributed by atoms with van der Waals surface area (Å²) in [5.41, 5.74) is -0.766. The van der Waals surface area contributed by atoms with Crippen LogP contribution < -0.4 is 21.3 Å². The number of hydrogen-bond acceptors (Lipinski definition) is 8. The lowest BCUT2D eigenvalue weighted by molar-refractivity contribution is -0.146. The maximum atomic E-state index is 14.5. The molecule has 1 saturated heterocycles. The van der Waals surface area contributed by atoms with E-state index in [0.29, 0.717) is 19.4 Å². The number of likely N-dealkylation sites (tertiary alicyclic amines) is 1. The molecule has 0 aromatic carbocycles. The van der Waals surface area contributed by atoms with Crippen molar-refractivity contribution in [2.24, 2.45) is 23.2 Å². The fourth-order valence-electron chi connectivity index (χ4n) is 7.61. The van der Waals surface area contributed by atoms with Crippen molar-refractivity contribution in [3.8, 4) is 0 Å². The normalized spacial score (nSPS) is 23.4. The lowest BCUT2D eigenvalue weighted by atomic mass is 9.82. The number of rotatable bonds is 14. The molecule has 0 radical (unpaired) electrons. The zero-order valence-corrected chi connectivity index (χ0v) is 30.7. The summed E-state index contributed by atoms with van der Waals surface area (Å²) in [7, 11) is 0. The number of nitrogens with one attached hydrogen (secondary N) is 4. The average Bonchev–Trinajstić information content (AvgIpc) is 3.62. The summed E-state index contributed by atoms with van der Waals surface area (Å²) in [6.45, 7) is 13.8. The van der Waals surface area contributed by atoms with Crippen LogP contribution in [0.1, 0.15) is 120 Å². The van der Waals surface area contributed by atoms with Crippen LogP contribution in [-0.4, -0.2) is 89.0 Å². The third-order valence-corrected chi connectivity index (χ3v) is 10.2. The molecule has 2 aliphatic carbocycles. The van der Waals surface area contributed by atoms with Crippen LogP contribution in [0.2, 0.25) is 0 Å². The summed E-state index contributed by atoms with van der Waals surface area (Å²) in [5.74, 6) is -3.35. The van der Waals surface area contributed by atoms with E-state index >= 15 is 0 Å². The second-order valence-corrected chi connectivity index (χ2v) is 15.6. The zero-order chi connectivity index (χ0) is 36.6.